The van der Waals surface area contributed by atoms with Gasteiger partial charge in [-0.2, -0.15) is 10.1 Å². The highest BCUT2D eigenvalue weighted by atomic mass is 32.1. The Bertz CT molecular complexity index is 924. The number of fused-ring (bicyclic) bond motifs is 1. The summed E-state index contributed by atoms with van der Waals surface area (Å²) >= 11 is 1.67. The minimum atomic E-state index is -0.153. The number of rotatable bonds is 5. The van der Waals surface area contributed by atoms with Gasteiger partial charge >= 0.3 is 0 Å². The molecule has 0 bridgehead atoms. The number of anilines is 1. The minimum Gasteiger partial charge on any atom is -0.493 e. The normalized spacial score (nSPS) is 15.7. The molecule has 0 amide bonds. The van der Waals surface area contributed by atoms with Gasteiger partial charge < -0.3 is 19.5 Å². The van der Waals surface area contributed by atoms with Crippen LogP contribution in [0.25, 0.3) is 5.70 Å². The van der Waals surface area contributed by atoms with Crippen molar-refractivity contribution in [2.24, 2.45) is 0 Å². The topological polar surface area (TPSA) is 70.4 Å². The lowest BCUT2D eigenvalue weighted by atomic mass is 10.0. The van der Waals surface area contributed by atoms with Crippen molar-refractivity contribution in [3.05, 3.63) is 52.5 Å². The number of nitrogens with zero attached hydrogens (tertiary/aromatic N) is 3. The molecule has 0 saturated heterocycles. The van der Waals surface area contributed by atoms with E-state index in [0.717, 1.165) is 16.1 Å². The zero-order valence-electron chi connectivity index (χ0n) is 14.6. The van der Waals surface area contributed by atoms with E-state index in [4.69, 9.17) is 14.2 Å². The Morgan fingerprint density at radius 2 is 1.88 bits per heavy atom. The van der Waals surface area contributed by atoms with Gasteiger partial charge in [-0.15, -0.1) is 11.3 Å². The Hall–Kier alpha value is -3.00. The Morgan fingerprint density at radius 1 is 1.12 bits per heavy atom. The van der Waals surface area contributed by atoms with Crippen molar-refractivity contribution in [2.75, 3.05) is 26.6 Å². The van der Waals surface area contributed by atoms with Crippen molar-refractivity contribution in [3.8, 4) is 17.2 Å². The van der Waals surface area contributed by atoms with Gasteiger partial charge in [0.2, 0.25) is 11.7 Å². The third-order valence-electron chi connectivity index (χ3n) is 4.22. The van der Waals surface area contributed by atoms with Gasteiger partial charge in [-0.05, 0) is 35.2 Å². The van der Waals surface area contributed by atoms with Crippen molar-refractivity contribution in [2.45, 2.75) is 6.04 Å². The molecule has 4 rings (SSSR count). The summed E-state index contributed by atoms with van der Waals surface area (Å²) in [6, 6.07) is 7.81. The fourth-order valence-corrected chi connectivity index (χ4v) is 3.73. The van der Waals surface area contributed by atoms with Crippen LogP contribution in [0.4, 0.5) is 5.95 Å². The molecule has 0 aliphatic carbocycles. The number of allylic oxidation sites excluding steroid dienone is 1. The summed E-state index contributed by atoms with van der Waals surface area (Å²) < 4.78 is 18.2. The van der Waals surface area contributed by atoms with Gasteiger partial charge in [-0.25, -0.2) is 4.68 Å². The Labute approximate surface area is 154 Å². The van der Waals surface area contributed by atoms with Crippen LogP contribution >= 0.6 is 11.3 Å². The lowest BCUT2D eigenvalue weighted by Crippen LogP contribution is -2.20. The first-order valence-electron chi connectivity index (χ1n) is 7.97. The molecule has 3 aromatic rings. The summed E-state index contributed by atoms with van der Waals surface area (Å²) in [5.41, 5.74) is 1.96. The molecule has 0 unspecified atom stereocenters. The zero-order chi connectivity index (χ0) is 18.1. The van der Waals surface area contributed by atoms with E-state index >= 15 is 0 Å². The van der Waals surface area contributed by atoms with E-state index in [2.05, 4.69) is 27.5 Å². The van der Waals surface area contributed by atoms with E-state index in [1.807, 2.05) is 28.3 Å². The van der Waals surface area contributed by atoms with Crippen LogP contribution in [0, 0.1) is 0 Å². The second-order valence-corrected chi connectivity index (χ2v) is 6.56. The molecule has 1 aliphatic rings. The molecule has 0 fully saturated rings. The SMILES string of the molecule is COc1cc([C@@H]2C=C(c3cccs3)Nc3ncnn32)cc(OC)c1OC. The summed E-state index contributed by atoms with van der Waals surface area (Å²) in [7, 11) is 4.81. The molecule has 1 atom stereocenters. The monoisotopic (exact) mass is 370 g/mol. The molecule has 1 aromatic carbocycles. The van der Waals surface area contributed by atoms with Crippen molar-refractivity contribution >= 4 is 23.0 Å². The molecule has 0 spiro atoms. The number of methoxy groups -OCH3 is 3. The summed E-state index contributed by atoms with van der Waals surface area (Å²) in [5.74, 6) is 2.46. The molecule has 1 N–H and O–H groups in total. The van der Waals surface area contributed by atoms with E-state index in [0.29, 0.717) is 23.2 Å². The van der Waals surface area contributed by atoms with Crippen LogP contribution in [0.3, 0.4) is 0 Å². The Balaban J connectivity index is 1.86. The standard InChI is InChI=1S/C18H18N4O3S/c1-23-14-7-11(8-15(24-2)17(14)25-3)13-9-12(16-5-4-6-26-16)21-18-19-10-20-22(13)18/h4-10,13H,1-3H3,(H,19,20,21)/t13-/m0/s1. The largest absolute Gasteiger partial charge is 0.493 e. The molecule has 134 valence electrons. The molecular weight excluding hydrogens is 352 g/mol. The molecular formula is C18H18N4O3S. The highest BCUT2D eigenvalue weighted by Gasteiger charge is 2.26. The van der Waals surface area contributed by atoms with Gasteiger partial charge in [0, 0.05) is 0 Å². The molecule has 2 aromatic heterocycles. The predicted octanol–water partition coefficient (Wildman–Crippen LogP) is 3.42. The van der Waals surface area contributed by atoms with Crippen LogP contribution < -0.4 is 19.5 Å². The molecule has 7 nitrogen and oxygen atoms in total. The number of hydrogen-bond donors (Lipinski definition) is 1. The zero-order valence-corrected chi connectivity index (χ0v) is 15.4. The Morgan fingerprint density at radius 3 is 2.50 bits per heavy atom. The number of nitrogens with one attached hydrogen (secondary N) is 1. The number of hydrogen-bond acceptors (Lipinski definition) is 7. The van der Waals surface area contributed by atoms with Crippen LogP contribution in [0.2, 0.25) is 0 Å². The van der Waals surface area contributed by atoms with Crippen LogP contribution in [-0.4, -0.2) is 36.1 Å². The number of ether oxygens (including phenoxy) is 3. The lowest BCUT2D eigenvalue weighted by molar-refractivity contribution is 0.323. The predicted molar refractivity (Wildman–Crippen MR) is 100 cm³/mol. The maximum absolute atomic E-state index is 5.49. The number of benzene rings is 1. The minimum absolute atomic E-state index is 0.153. The first kappa shape index (κ1) is 16.5. The van der Waals surface area contributed by atoms with Gasteiger partial charge in [0.25, 0.3) is 0 Å². The number of aromatic nitrogens is 3. The van der Waals surface area contributed by atoms with Crippen LogP contribution in [-0.2, 0) is 0 Å². The third-order valence-corrected chi connectivity index (χ3v) is 5.13. The maximum Gasteiger partial charge on any atom is 0.226 e. The van der Waals surface area contributed by atoms with Gasteiger partial charge in [0.05, 0.1) is 31.9 Å². The maximum atomic E-state index is 5.49. The van der Waals surface area contributed by atoms with Gasteiger partial charge in [-0.1, -0.05) is 6.07 Å². The smallest absolute Gasteiger partial charge is 0.226 e. The first-order chi connectivity index (χ1) is 12.7. The van der Waals surface area contributed by atoms with Crippen molar-refractivity contribution in [1.82, 2.24) is 14.8 Å². The van der Waals surface area contributed by atoms with Crippen LogP contribution in [0.5, 0.6) is 17.2 Å². The van der Waals surface area contributed by atoms with Crippen LogP contribution in [0.15, 0.2) is 42.0 Å². The molecule has 8 heteroatoms. The second-order valence-electron chi connectivity index (χ2n) is 5.61. The number of thiophene rings is 1. The van der Waals surface area contributed by atoms with E-state index in [1.165, 1.54) is 0 Å². The fourth-order valence-electron chi connectivity index (χ4n) is 3.02. The fraction of sp³-hybridized carbons (Fsp3) is 0.222. The van der Waals surface area contributed by atoms with Gasteiger partial charge in [0.15, 0.2) is 11.5 Å². The Kier molecular flexibility index (Phi) is 4.26. The third kappa shape index (κ3) is 2.68. The van der Waals surface area contributed by atoms with Crippen molar-refractivity contribution in [1.29, 1.82) is 0 Å². The first-order valence-corrected chi connectivity index (χ1v) is 8.85. The molecule has 3 heterocycles. The molecule has 0 saturated carbocycles. The molecule has 26 heavy (non-hydrogen) atoms. The summed E-state index contributed by atoms with van der Waals surface area (Å²) in [5, 5.41) is 9.75. The van der Waals surface area contributed by atoms with Gasteiger partial charge in [-0.3, -0.25) is 0 Å². The van der Waals surface area contributed by atoms with E-state index in [1.54, 1.807) is 39.0 Å². The summed E-state index contributed by atoms with van der Waals surface area (Å²) in [6.45, 7) is 0. The average Bonchev–Trinajstić information content (AvgIpc) is 3.37. The van der Waals surface area contributed by atoms with Gasteiger partial charge in [0.1, 0.15) is 12.4 Å². The van der Waals surface area contributed by atoms with E-state index < -0.39 is 0 Å². The van der Waals surface area contributed by atoms with Crippen LogP contribution in [0.1, 0.15) is 16.5 Å². The molecule has 0 radical (unpaired) electrons. The van der Waals surface area contributed by atoms with E-state index in [9.17, 15) is 0 Å². The highest BCUT2D eigenvalue weighted by molar-refractivity contribution is 7.11. The highest BCUT2D eigenvalue weighted by Crippen LogP contribution is 2.42. The average molecular weight is 370 g/mol. The van der Waals surface area contributed by atoms with E-state index in [-0.39, 0.29) is 6.04 Å². The molecule has 1 aliphatic heterocycles. The van der Waals surface area contributed by atoms with Crippen molar-refractivity contribution in [3.63, 3.8) is 0 Å². The summed E-state index contributed by atoms with van der Waals surface area (Å²) in [4.78, 5) is 5.46. The lowest BCUT2D eigenvalue weighted by Gasteiger charge is -2.25. The second kappa shape index (κ2) is 6.72. The summed E-state index contributed by atoms with van der Waals surface area (Å²) in [6.07, 6.45) is 3.66. The quantitative estimate of drug-likeness (QED) is 0.742. The van der Waals surface area contributed by atoms with Crippen molar-refractivity contribution < 1.29 is 14.2 Å².